The van der Waals surface area contributed by atoms with Crippen LogP contribution >= 0.6 is 0 Å². The molecule has 22 rings (SSSR count). The van der Waals surface area contributed by atoms with E-state index in [0.29, 0.717) is 52.9 Å². The second kappa shape index (κ2) is 36.0. The molecule has 20 aromatic rings. The number of benzene rings is 18. The predicted octanol–water partition coefficient (Wildman–Crippen LogP) is 32.6. The third kappa shape index (κ3) is 16.3. The number of aromatic nitrogens is 2. The van der Waals surface area contributed by atoms with E-state index in [2.05, 4.69) is 472 Å². The van der Waals surface area contributed by atoms with Crippen LogP contribution < -0.4 is 9.80 Å². The van der Waals surface area contributed by atoms with Crippen LogP contribution in [0.4, 0.5) is 34.1 Å². The molecule has 18 aromatic carbocycles. The van der Waals surface area contributed by atoms with Crippen molar-refractivity contribution in [1.82, 2.24) is 9.13 Å². The van der Waals surface area contributed by atoms with Crippen LogP contribution in [0.15, 0.2) is 426 Å². The molecule has 0 saturated heterocycles. The minimum atomic E-state index is -0.242. The van der Waals surface area contributed by atoms with Crippen LogP contribution in [-0.2, 0) is 82.6 Å². The lowest BCUT2D eigenvalue weighted by Gasteiger charge is -2.28. The first-order valence-electron chi connectivity index (χ1n) is 46.4. The summed E-state index contributed by atoms with van der Waals surface area (Å²) in [4.78, 5) is 4.79. The molecule has 0 spiro atoms. The van der Waals surface area contributed by atoms with Gasteiger partial charge in [-0.15, -0.1) is 0 Å². The van der Waals surface area contributed by atoms with Crippen LogP contribution in [0.2, 0.25) is 0 Å². The topological polar surface area (TPSA) is 53.3 Å². The summed E-state index contributed by atoms with van der Waals surface area (Å²) in [5.41, 5.74) is 41.7. The quantitative estimate of drug-likeness (QED) is 0.0466. The Hall–Kier alpha value is -15.5. The lowest BCUT2D eigenvalue weighted by Crippen LogP contribution is -2.17. The van der Waals surface area contributed by atoms with Crippen molar-refractivity contribution in [1.29, 1.82) is 0 Å². The van der Waals surface area contributed by atoms with Crippen LogP contribution in [-0.4, -0.2) is 9.13 Å². The van der Waals surface area contributed by atoms with E-state index in [0.717, 1.165) is 140 Å². The minimum absolute atomic E-state index is 0.145. The largest absolute Gasteiger partial charge is 0.372 e. The second-order valence-electron chi connectivity index (χ2n) is 36.7. The SMILES string of the molecule is C=Cc1ccc(COCc2ccc(N(c3ccc(-c4ccc5c(c4)c4ccccc4n5-c4ccc(COCc5ccc(COCc6ccc(-n7c8ccccc8c8cc(-c9ccc(N(c%10ccc(-c%11ccccc%11)cc%10)c%10ccc%11c(c%10)C(C)(C)c%10cc(COCc%12ccc(C=C)cc%12)ccc%10-%11)cc9)ccc87)cc6)cc5)cc4)cc3)c3ccc4c(c3)C(C)(C)c3ccccc3-4)cc2)cc1. The molecule has 2 aliphatic rings. The van der Waals surface area contributed by atoms with Crippen molar-refractivity contribution in [2.24, 2.45) is 0 Å². The lowest BCUT2D eigenvalue weighted by atomic mass is 9.82. The minimum Gasteiger partial charge on any atom is -0.372 e. The first kappa shape index (κ1) is 84.1. The summed E-state index contributed by atoms with van der Waals surface area (Å²) in [5, 5.41) is 4.83. The summed E-state index contributed by atoms with van der Waals surface area (Å²) in [6.07, 6.45) is 3.73. The second-order valence-corrected chi connectivity index (χ2v) is 36.7. The van der Waals surface area contributed by atoms with Crippen molar-refractivity contribution >= 4 is 89.9 Å². The van der Waals surface area contributed by atoms with Gasteiger partial charge in [-0.2, -0.15) is 0 Å². The van der Waals surface area contributed by atoms with Crippen LogP contribution in [0, 0.1) is 0 Å². The van der Waals surface area contributed by atoms with Crippen molar-refractivity contribution < 1.29 is 18.9 Å². The van der Waals surface area contributed by atoms with Gasteiger partial charge in [0.15, 0.2) is 0 Å². The van der Waals surface area contributed by atoms with Crippen LogP contribution in [0.1, 0.15) is 106 Å². The van der Waals surface area contributed by atoms with E-state index < -0.39 is 0 Å². The molecule has 0 fully saturated rings. The van der Waals surface area contributed by atoms with Gasteiger partial charge in [-0.25, -0.2) is 0 Å². The van der Waals surface area contributed by atoms with E-state index in [9.17, 15) is 0 Å². The molecular weight excluding hydrogens is 1630 g/mol. The lowest BCUT2D eigenvalue weighted by molar-refractivity contribution is 0.105. The number of ether oxygens (including phenoxy) is 4. The third-order valence-corrected chi connectivity index (χ3v) is 27.5. The van der Waals surface area contributed by atoms with Gasteiger partial charge in [-0.05, 0) is 267 Å². The Bertz CT molecular complexity index is 7760. The highest BCUT2D eigenvalue weighted by atomic mass is 16.5. The van der Waals surface area contributed by atoms with Gasteiger partial charge in [0.1, 0.15) is 0 Å². The Morgan fingerprint density at radius 3 is 0.910 bits per heavy atom. The molecule has 2 aliphatic carbocycles. The van der Waals surface area contributed by atoms with Gasteiger partial charge in [0, 0.05) is 77.9 Å². The zero-order chi connectivity index (χ0) is 90.4. The number of hydrogen-bond acceptors (Lipinski definition) is 6. The van der Waals surface area contributed by atoms with Gasteiger partial charge < -0.3 is 37.9 Å². The average Bonchev–Trinajstić information content (AvgIpc) is 1.58. The predicted molar refractivity (Wildman–Crippen MR) is 556 cm³/mol. The van der Waals surface area contributed by atoms with E-state index in [1.807, 2.05) is 12.2 Å². The van der Waals surface area contributed by atoms with Gasteiger partial charge in [0.25, 0.3) is 0 Å². The number of fused-ring (bicyclic) bond motifs is 12. The summed E-state index contributed by atoms with van der Waals surface area (Å²) in [6, 6.07) is 151. The third-order valence-electron chi connectivity index (χ3n) is 27.5. The molecule has 0 N–H and O–H groups in total. The molecule has 0 bridgehead atoms. The molecule has 0 amide bonds. The van der Waals surface area contributed by atoms with Crippen molar-refractivity contribution in [3.8, 4) is 67.0 Å². The Kier molecular flexibility index (Phi) is 22.6. The van der Waals surface area contributed by atoms with Crippen LogP contribution in [0.25, 0.3) is 123 Å². The number of para-hydroxylation sites is 2. The normalized spacial score (nSPS) is 12.7. The smallest absolute Gasteiger partial charge is 0.0721 e. The van der Waals surface area contributed by atoms with Crippen molar-refractivity contribution in [2.45, 2.75) is 91.4 Å². The maximum absolute atomic E-state index is 6.38. The molecule has 0 atom stereocenters. The summed E-state index contributed by atoms with van der Waals surface area (Å²) >= 11 is 0. The van der Waals surface area contributed by atoms with Gasteiger partial charge in [-0.3, -0.25) is 0 Å². The van der Waals surface area contributed by atoms with Crippen molar-refractivity contribution in [3.05, 3.63) is 504 Å². The molecule has 0 unspecified atom stereocenters. The Labute approximate surface area is 784 Å². The van der Waals surface area contributed by atoms with E-state index in [1.165, 1.54) is 82.7 Å². The molecule has 0 saturated carbocycles. The van der Waals surface area contributed by atoms with E-state index in [4.69, 9.17) is 18.9 Å². The number of rotatable bonds is 29. The van der Waals surface area contributed by atoms with Gasteiger partial charge in [0.2, 0.25) is 0 Å². The molecule has 8 heteroatoms. The first-order chi connectivity index (χ1) is 65.8. The fraction of sp³-hybridized carbons (Fsp3) is 0.111. The molecule has 8 nitrogen and oxygen atoms in total. The zero-order valence-electron chi connectivity index (χ0n) is 75.9. The summed E-state index contributed by atoms with van der Waals surface area (Å²) in [6.45, 7) is 21.4. The van der Waals surface area contributed by atoms with Crippen molar-refractivity contribution in [3.63, 3.8) is 0 Å². The van der Waals surface area contributed by atoms with Crippen molar-refractivity contribution in [2.75, 3.05) is 9.80 Å². The van der Waals surface area contributed by atoms with Gasteiger partial charge in [0.05, 0.1) is 74.9 Å². The number of hydrogen-bond donors (Lipinski definition) is 0. The highest BCUT2D eigenvalue weighted by molar-refractivity contribution is 6.12. The maximum Gasteiger partial charge on any atom is 0.0721 e. The van der Waals surface area contributed by atoms with Crippen LogP contribution in [0.5, 0.6) is 0 Å². The average molecular weight is 1740 g/mol. The highest BCUT2D eigenvalue weighted by Crippen LogP contribution is 2.54. The Morgan fingerprint density at radius 2 is 0.500 bits per heavy atom. The van der Waals surface area contributed by atoms with Crippen LogP contribution in [0.3, 0.4) is 0 Å². The number of nitrogens with zero attached hydrogens (tertiary/aromatic N) is 4. The molecule has 650 valence electrons. The molecule has 0 aliphatic heterocycles. The molecule has 134 heavy (non-hydrogen) atoms. The molecule has 2 heterocycles. The molecule has 0 radical (unpaired) electrons. The van der Waals surface area contributed by atoms with Gasteiger partial charge in [-0.1, -0.05) is 332 Å². The Morgan fingerprint density at radius 1 is 0.224 bits per heavy atom. The summed E-state index contributed by atoms with van der Waals surface area (Å²) in [7, 11) is 0. The fourth-order valence-corrected chi connectivity index (χ4v) is 20.2. The monoisotopic (exact) mass is 1730 g/mol. The van der Waals surface area contributed by atoms with Gasteiger partial charge >= 0.3 is 0 Å². The Balaban J connectivity index is 0.438. The van der Waals surface area contributed by atoms with E-state index in [1.54, 1.807) is 0 Å². The van der Waals surface area contributed by atoms with E-state index >= 15 is 0 Å². The highest BCUT2D eigenvalue weighted by Gasteiger charge is 2.38. The first-order valence-corrected chi connectivity index (χ1v) is 46.4. The number of anilines is 6. The standard InChI is InChI=1S/C126H102N4O4/c1-7-85-26-30-87(31-27-85)77-131-81-91-38-53-101(54-39-91)127(107-65-68-111-109-20-12-15-23-117(109)125(3,4)119(111)75-107)103-61-47-97(48-62-103)99-51-70-123-115(73-99)113-21-13-16-24-121(113)129(123)105-55-40-92(41-56-105)82-132-78-89-34-36-90(37-35-89)79-133-83-93-42-57-106(58-43-93)130-122-25-17-14-22-114(122)116-74-100(52-71-124(116)130)98-49-63-104(64-50-98)128(102-59-45-96(46-60-102)95-18-10-9-11-19-95)108-66-69-112-110-67-44-94(72-118(110)126(5,6)120(112)76-108)84-134-80-88-32-28-86(8-2)29-33-88/h7-76H,1-2,77-84H2,3-6H3. The fourth-order valence-electron chi connectivity index (χ4n) is 20.2. The molecular formula is C126H102N4O4. The summed E-state index contributed by atoms with van der Waals surface area (Å²) in [5.74, 6) is 0. The summed E-state index contributed by atoms with van der Waals surface area (Å²) < 4.78 is 30.1. The maximum atomic E-state index is 6.38. The molecule has 2 aromatic heterocycles. The van der Waals surface area contributed by atoms with E-state index in [-0.39, 0.29) is 10.8 Å². The zero-order valence-corrected chi connectivity index (χ0v) is 75.9.